The molecule has 3 rings (SSSR count). The van der Waals surface area contributed by atoms with Gasteiger partial charge in [0.15, 0.2) is 0 Å². The average molecular weight is 305 g/mol. The molecule has 0 saturated carbocycles. The molecule has 0 bridgehead atoms. The van der Waals surface area contributed by atoms with E-state index < -0.39 is 0 Å². The normalized spacial score (nSPS) is 15.7. The first-order valence-electron chi connectivity index (χ1n) is 8.63. The monoisotopic (exact) mass is 305 g/mol. The third-order valence-corrected chi connectivity index (χ3v) is 4.71. The van der Waals surface area contributed by atoms with Crippen LogP contribution in [-0.2, 0) is 6.42 Å². The zero-order chi connectivity index (χ0) is 16.3. The van der Waals surface area contributed by atoms with Crippen molar-refractivity contribution >= 4 is 6.08 Å². The molecule has 0 fully saturated rings. The number of rotatable bonds is 5. The maximum Gasteiger partial charge on any atom is 0.0296 e. The highest BCUT2D eigenvalue weighted by atomic mass is 15.0. The van der Waals surface area contributed by atoms with Gasteiger partial charge >= 0.3 is 0 Å². The Hall–Kier alpha value is -1.86. The van der Waals surface area contributed by atoms with Crippen LogP contribution < -0.4 is 5.32 Å². The van der Waals surface area contributed by atoms with Gasteiger partial charge in [0.2, 0.25) is 0 Å². The molecule has 120 valence electrons. The fraction of sp³-hybridized carbons (Fsp3) is 0.364. The second-order valence-corrected chi connectivity index (χ2v) is 7.34. The summed E-state index contributed by atoms with van der Waals surface area (Å²) in [6, 6.07) is 19.8. The van der Waals surface area contributed by atoms with Crippen LogP contribution >= 0.6 is 0 Å². The van der Waals surface area contributed by atoms with Gasteiger partial charge in [-0.05, 0) is 56.7 Å². The zero-order valence-corrected chi connectivity index (χ0v) is 14.5. The van der Waals surface area contributed by atoms with Gasteiger partial charge < -0.3 is 5.32 Å². The highest BCUT2D eigenvalue weighted by Gasteiger charge is 2.23. The molecule has 1 unspecified atom stereocenters. The Morgan fingerprint density at radius 1 is 0.957 bits per heavy atom. The van der Waals surface area contributed by atoms with Crippen molar-refractivity contribution < 1.29 is 0 Å². The fourth-order valence-electron chi connectivity index (χ4n) is 3.66. The molecular formula is C22H27N. The van der Waals surface area contributed by atoms with E-state index in [2.05, 4.69) is 86.8 Å². The highest BCUT2D eigenvalue weighted by Crippen LogP contribution is 2.30. The Morgan fingerprint density at radius 3 is 2.43 bits per heavy atom. The van der Waals surface area contributed by atoms with E-state index in [0.29, 0.717) is 6.04 Å². The smallest absolute Gasteiger partial charge is 0.0296 e. The predicted octanol–water partition coefficient (Wildman–Crippen LogP) is 5.54. The Labute approximate surface area is 140 Å². The van der Waals surface area contributed by atoms with Gasteiger partial charge in [-0.15, -0.1) is 0 Å². The van der Waals surface area contributed by atoms with E-state index in [1.807, 2.05) is 0 Å². The van der Waals surface area contributed by atoms with Crippen molar-refractivity contribution in [3.63, 3.8) is 0 Å². The molecule has 0 heterocycles. The summed E-state index contributed by atoms with van der Waals surface area (Å²) < 4.78 is 0. The molecule has 0 saturated heterocycles. The maximum absolute atomic E-state index is 3.80. The molecule has 1 nitrogen and oxygen atoms in total. The second kappa shape index (κ2) is 6.72. The van der Waals surface area contributed by atoms with Crippen molar-refractivity contribution in [2.24, 2.45) is 0 Å². The lowest BCUT2D eigenvalue weighted by atomic mass is 9.85. The molecule has 0 radical (unpaired) electrons. The number of benzene rings is 2. The highest BCUT2D eigenvalue weighted by molar-refractivity contribution is 5.59. The van der Waals surface area contributed by atoms with E-state index >= 15 is 0 Å². The van der Waals surface area contributed by atoms with Gasteiger partial charge in [0.1, 0.15) is 0 Å². The van der Waals surface area contributed by atoms with Crippen LogP contribution in [0, 0.1) is 0 Å². The van der Waals surface area contributed by atoms with Gasteiger partial charge in [-0.3, -0.25) is 0 Å². The molecule has 1 heteroatoms. The third-order valence-electron chi connectivity index (χ3n) is 4.71. The summed E-state index contributed by atoms with van der Waals surface area (Å²) in [7, 11) is 0. The van der Waals surface area contributed by atoms with Crippen molar-refractivity contribution in [2.45, 2.75) is 51.6 Å². The molecule has 0 amide bonds. The SMILES string of the molecule is CC(NC(C)(C)CC1=Cc2ccccc2CC1)c1ccccc1. The summed E-state index contributed by atoms with van der Waals surface area (Å²) in [5.74, 6) is 0. The quantitative estimate of drug-likeness (QED) is 0.765. The van der Waals surface area contributed by atoms with Crippen LogP contribution in [0.2, 0.25) is 0 Å². The van der Waals surface area contributed by atoms with Gasteiger partial charge in [0, 0.05) is 11.6 Å². The van der Waals surface area contributed by atoms with Gasteiger partial charge in [-0.2, -0.15) is 0 Å². The predicted molar refractivity (Wildman–Crippen MR) is 99.4 cm³/mol. The first-order chi connectivity index (χ1) is 11.0. The summed E-state index contributed by atoms with van der Waals surface area (Å²) in [4.78, 5) is 0. The van der Waals surface area contributed by atoms with Crippen LogP contribution in [-0.4, -0.2) is 5.54 Å². The van der Waals surface area contributed by atoms with Crippen molar-refractivity contribution in [1.82, 2.24) is 5.32 Å². The molecule has 1 aliphatic carbocycles. The van der Waals surface area contributed by atoms with Gasteiger partial charge in [0.25, 0.3) is 0 Å². The van der Waals surface area contributed by atoms with Crippen LogP contribution in [0.3, 0.4) is 0 Å². The van der Waals surface area contributed by atoms with E-state index in [-0.39, 0.29) is 5.54 Å². The topological polar surface area (TPSA) is 12.0 Å². The van der Waals surface area contributed by atoms with Crippen molar-refractivity contribution in [3.8, 4) is 0 Å². The largest absolute Gasteiger partial charge is 0.305 e. The molecule has 23 heavy (non-hydrogen) atoms. The van der Waals surface area contributed by atoms with Gasteiger partial charge in [0.05, 0.1) is 0 Å². The number of fused-ring (bicyclic) bond motifs is 1. The van der Waals surface area contributed by atoms with Gasteiger partial charge in [-0.1, -0.05) is 66.2 Å². The van der Waals surface area contributed by atoms with Crippen LogP contribution in [0.25, 0.3) is 6.08 Å². The van der Waals surface area contributed by atoms with Gasteiger partial charge in [-0.25, -0.2) is 0 Å². The van der Waals surface area contributed by atoms with E-state index in [1.165, 1.54) is 29.5 Å². The maximum atomic E-state index is 3.80. The van der Waals surface area contributed by atoms with E-state index in [4.69, 9.17) is 0 Å². The second-order valence-electron chi connectivity index (χ2n) is 7.34. The first kappa shape index (κ1) is 16.0. The van der Waals surface area contributed by atoms with Crippen LogP contribution in [0.15, 0.2) is 60.2 Å². The Kier molecular flexibility index (Phi) is 4.68. The van der Waals surface area contributed by atoms with E-state index in [0.717, 1.165) is 6.42 Å². The lowest BCUT2D eigenvalue weighted by Gasteiger charge is -2.32. The average Bonchev–Trinajstić information content (AvgIpc) is 2.54. The van der Waals surface area contributed by atoms with Crippen molar-refractivity contribution in [3.05, 3.63) is 76.9 Å². The lowest BCUT2D eigenvalue weighted by molar-refractivity contribution is 0.342. The number of nitrogens with one attached hydrogen (secondary N) is 1. The summed E-state index contributed by atoms with van der Waals surface area (Å²) in [5.41, 5.74) is 5.89. The molecule has 0 aromatic heterocycles. The molecule has 2 aromatic rings. The summed E-state index contributed by atoms with van der Waals surface area (Å²) in [6.07, 6.45) is 5.85. The summed E-state index contributed by atoms with van der Waals surface area (Å²) >= 11 is 0. The summed E-state index contributed by atoms with van der Waals surface area (Å²) in [5, 5.41) is 3.80. The third kappa shape index (κ3) is 4.11. The minimum Gasteiger partial charge on any atom is -0.305 e. The minimum atomic E-state index is 0.0906. The lowest BCUT2D eigenvalue weighted by Crippen LogP contribution is -2.41. The number of aryl methyl sites for hydroxylation is 1. The molecule has 0 spiro atoms. The molecule has 1 aliphatic rings. The van der Waals surface area contributed by atoms with E-state index in [9.17, 15) is 0 Å². The standard InChI is InChI=1S/C22H27N/c1-17(19-9-5-4-6-10-19)23-22(2,3)16-18-13-14-20-11-7-8-12-21(20)15-18/h4-12,15,17,23H,13-14,16H2,1-3H3. The number of hydrogen-bond donors (Lipinski definition) is 1. The molecule has 1 N–H and O–H groups in total. The molecule has 2 aromatic carbocycles. The van der Waals surface area contributed by atoms with Crippen molar-refractivity contribution in [2.75, 3.05) is 0 Å². The van der Waals surface area contributed by atoms with Crippen LogP contribution in [0.1, 0.15) is 56.3 Å². The first-order valence-corrected chi connectivity index (χ1v) is 8.63. The zero-order valence-electron chi connectivity index (χ0n) is 14.5. The Balaban J connectivity index is 1.68. The Morgan fingerprint density at radius 2 is 1.65 bits per heavy atom. The molecule has 1 atom stereocenters. The molecule has 0 aliphatic heterocycles. The van der Waals surface area contributed by atoms with Crippen LogP contribution in [0.4, 0.5) is 0 Å². The number of hydrogen-bond acceptors (Lipinski definition) is 1. The molecular weight excluding hydrogens is 278 g/mol. The fourth-order valence-corrected chi connectivity index (χ4v) is 3.66. The van der Waals surface area contributed by atoms with E-state index in [1.54, 1.807) is 5.57 Å². The van der Waals surface area contributed by atoms with Crippen molar-refractivity contribution in [1.29, 1.82) is 0 Å². The minimum absolute atomic E-state index is 0.0906. The van der Waals surface area contributed by atoms with Crippen LogP contribution in [0.5, 0.6) is 0 Å². The Bertz CT molecular complexity index is 682. The summed E-state index contributed by atoms with van der Waals surface area (Å²) in [6.45, 7) is 6.88.